The maximum atomic E-state index is 17.9. The molecule has 3 saturated carbocycles. The van der Waals surface area contributed by atoms with Crippen molar-refractivity contribution in [1.82, 2.24) is 0 Å². The Hall–Kier alpha value is -3.54. The fourth-order valence-electron chi connectivity index (χ4n) is 10.1. The smallest absolute Gasteiger partial charge is 0.362 e. The molecule has 10 heteroatoms. The molecule has 0 unspecified atom stereocenters. The maximum absolute atomic E-state index is 17.9. The molecule has 7 rings (SSSR count). The zero-order chi connectivity index (χ0) is 36.6. The number of esters is 1. The number of Topliss-reactive ketones (excluding diaryl/α,β-unsaturated/α-hetero) is 1. The first-order valence-corrected chi connectivity index (χ1v) is 18.0. The van der Waals surface area contributed by atoms with Crippen LogP contribution in [0, 0.1) is 22.7 Å². The number of aliphatic hydroxyl groups is 2. The molecule has 1 saturated heterocycles. The van der Waals surface area contributed by atoms with E-state index in [0.29, 0.717) is 35.7 Å². The third-order valence-corrected chi connectivity index (χ3v) is 12.6. The number of aliphatic hydroxyl groups excluding tert-OH is 2. The van der Waals surface area contributed by atoms with E-state index in [1.165, 1.54) is 12.2 Å². The van der Waals surface area contributed by atoms with Gasteiger partial charge in [0.25, 0.3) is 0 Å². The molecule has 1 aliphatic heterocycles. The van der Waals surface area contributed by atoms with E-state index < -0.39 is 70.8 Å². The van der Waals surface area contributed by atoms with Crippen molar-refractivity contribution < 1.29 is 47.7 Å². The van der Waals surface area contributed by atoms with Crippen LogP contribution < -0.4 is 0 Å². The SMILES string of the molecule is C[C@]12C=CC(=O)C=C1CC[C@H]1[C@@H]3C[C@H]4O[C@@H](c5cccc(Cc6ccc(CO)cc6)c5)O[C@@]4(C(=O)COC(=O)C[N+](C)(C)C)[C@@]3(C)C[C@H](O)[C@@]12F. The second kappa shape index (κ2) is 12.6. The summed E-state index contributed by atoms with van der Waals surface area (Å²) in [5.74, 6) is -2.22. The van der Waals surface area contributed by atoms with E-state index in [9.17, 15) is 24.6 Å². The van der Waals surface area contributed by atoms with Crippen molar-refractivity contribution in [2.75, 3.05) is 34.3 Å². The number of rotatable bonds is 9. The van der Waals surface area contributed by atoms with Gasteiger partial charge in [-0.15, -0.1) is 0 Å². The molecule has 0 radical (unpaired) electrons. The lowest BCUT2D eigenvalue weighted by atomic mass is 9.44. The zero-order valence-electron chi connectivity index (χ0n) is 30.1. The molecular weight excluding hydrogens is 653 g/mol. The van der Waals surface area contributed by atoms with Crippen LogP contribution in [0.25, 0.3) is 0 Å². The first-order valence-electron chi connectivity index (χ1n) is 18.0. The number of carbonyl (C=O) groups is 3. The molecule has 0 amide bonds. The van der Waals surface area contributed by atoms with Crippen LogP contribution in [0.1, 0.15) is 68.1 Å². The molecule has 4 fully saturated rings. The van der Waals surface area contributed by atoms with Crippen molar-refractivity contribution in [1.29, 1.82) is 0 Å². The summed E-state index contributed by atoms with van der Waals surface area (Å²) >= 11 is 0. The minimum absolute atomic E-state index is 0.0257. The lowest BCUT2D eigenvalue weighted by Gasteiger charge is -2.62. The monoisotopic (exact) mass is 702 g/mol. The molecule has 0 aromatic heterocycles. The zero-order valence-corrected chi connectivity index (χ0v) is 30.1. The van der Waals surface area contributed by atoms with Crippen molar-refractivity contribution in [3.05, 3.63) is 94.6 Å². The van der Waals surface area contributed by atoms with Crippen molar-refractivity contribution in [2.45, 2.75) is 82.3 Å². The van der Waals surface area contributed by atoms with E-state index in [4.69, 9.17) is 14.2 Å². The van der Waals surface area contributed by atoms with Crippen LogP contribution in [-0.4, -0.2) is 90.0 Å². The molecular formula is C41H49FNO8+. The van der Waals surface area contributed by atoms with Gasteiger partial charge in [-0.1, -0.05) is 67.1 Å². The Bertz CT molecular complexity index is 1800. The van der Waals surface area contributed by atoms with Crippen LogP contribution in [0.15, 0.2) is 72.3 Å². The molecule has 9 nitrogen and oxygen atoms in total. The predicted molar refractivity (Wildman–Crippen MR) is 186 cm³/mol. The molecule has 9 atom stereocenters. The normalized spacial score (nSPS) is 36.8. The first kappa shape index (κ1) is 35.8. The fraction of sp³-hybridized carbons (Fsp3) is 0.537. The van der Waals surface area contributed by atoms with Crippen LogP contribution in [-0.2, 0) is 41.6 Å². The number of hydrogen-bond acceptors (Lipinski definition) is 8. The van der Waals surface area contributed by atoms with E-state index in [1.54, 1.807) is 13.0 Å². The number of benzene rings is 2. The van der Waals surface area contributed by atoms with Gasteiger partial charge in [0, 0.05) is 22.3 Å². The number of allylic oxidation sites excluding steroid dienone is 4. The van der Waals surface area contributed by atoms with Crippen LogP contribution in [0.4, 0.5) is 4.39 Å². The van der Waals surface area contributed by atoms with Crippen LogP contribution >= 0.6 is 0 Å². The highest BCUT2D eigenvalue weighted by Gasteiger charge is 2.79. The summed E-state index contributed by atoms with van der Waals surface area (Å²) in [5.41, 5.74) is -1.64. The molecule has 0 spiro atoms. The van der Waals surface area contributed by atoms with Crippen LogP contribution in [0.2, 0.25) is 0 Å². The quantitative estimate of drug-likeness (QED) is 0.285. The lowest BCUT2D eigenvalue weighted by molar-refractivity contribution is -0.862. The maximum Gasteiger partial charge on any atom is 0.362 e. The average Bonchev–Trinajstić information content (AvgIpc) is 3.58. The standard InChI is InChI=1S/C41H49FNO8/c1-38-16-15-30(45)19-29(38)13-14-31-32-20-35-41(39(32,2)21-33(46)40(31,38)42,34(47)24-49-36(48)22-43(3,4)5)51-37(50-35)28-8-6-7-27(18-28)17-25-9-11-26(23-44)12-10-25/h6-12,15-16,18-19,31-33,35,37,44,46H,13-14,17,20-24H2,1-5H3/q+1/t31-,32-,33-,35+,37+,38-,39-,40-,41+/m0/s1. The highest BCUT2D eigenvalue weighted by atomic mass is 19.1. The highest BCUT2D eigenvalue weighted by Crippen LogP contribution is 2.72. The third kappa shape index (κ3) is 5.65. The van der Waals surface area contributed by atoms with Gasteiger partial charge in [-0.05, 0) is 73.8 Å². The number of quaternary nitrogens is 1. The van der Waals surface area contributed by atoms with Gasteiger partial charge in [-0.3, -0.25) is 9.59 Å². The fourth-order valence-corrected chi connectivity index (χ4v) is 10.1. The number of ketones is 2. The number of halogens is 1. The summed E-state index contributed by atoms with van der Waals surface area (Å²) in [7, 11) is 5.56. The number of alkyl halides is 1. The van der Waals surface area contributed by atoms with Gasteiger partial charge >= 0.3 is 5.97 Å². The Kier molecular flexibility index (Phi) is 8.82. The molecule has 272 valence electrons. The van der Waals surface area contributed by atoms with Crippen molar-refractivity contribution in [2.24, 2.45) is 22.7 Å². The Balaban J connectivity index is 1.22. The highest BCUT2D eigenvalue weighted by molar-refractivity contribution is 6.01. The van der Waals surface area contributed by atoms with Gasteiger partial charge in [-0.2, -0.15) is 0 Å². The van der Waals surface area contributed by atoms with Crippen molar-refractivity contribution in [3.63, 3.8) is 0 Å². The second-order valence-electron chi connectivity index (χ2n) is 16.7. The summed E-state index contributed by atoms with van der Waals surface area (Å²) in [6, 6.07) is 15.5. The van der Waals surface area contributed by atoms with Crippen LogP contribution in [0.5, 0.6) is 0 Å². The molecule has 5 aliphatic rings. The lowest BCUT2D eigenvalue weighted by Crippen LogP contribution is -2.69. The van der Waals surface area contributed by atoms with Crippen molar-refractivity contribution >= 4 is 17.5 Å². The second-order valence-corrected chi connectivity index (χ2v) is 16.7. The third-order valence-electron chi connectivity index (χ3n) is 12.6. The summed E-state index contributed by atoms with van der Waals surface area (Å²) in [6.07, 6.45) is 3.11. The van der Waals surface area contributed by atoms with Gasteiger partial charge < -0.3 is 28.9 Å². The summed E-state index contributed by atoms with van der Waals surface area (Å²) in [5, 5.41) is 21.4. The summed E-state index contributed by atoms with van der Waals surface area (Å²) in [4.78, 5) is 39.8. The number of carbonyl (C=O) groups excluding carboxylic acids is 3. The molecule has 2 aromatic rings. The Morgan fingerprint density at radius 1 is 1.04 bits per heavy atom. The molecule has 51 heavy (non-hydrogen) atoms. The Labute approximate surface area is 298 Å². The van der Waals surface area contributed by atoms with Gasteiger partial charge in [0.1, 0.15) is 0 Å². The van der Waals surface area contributed by atoms with Crippen molar-refractivity contribution in [3.8, 4) is 0 Å². The van der Waals surface area contributed by atoms with Crippen LogP contribution in [0.3, 0.4) is 0 Å². The van der Waals surface area contributed by atoms with E-state index in [1.807, 2.05) is 76.6 Å². The van der Waals surface area contributed by atoms with E-state index in [-0.39, 0.29) is 25.4 Å². The first-order chi connectivity index (χ1) is 24.0. The number of nitrogens with zero attached hydrogens (tertiary/aromatic N) is 1. The van der Waals surface area contributed by atoms with E-state index in [0.717, 1.165) is 22.3 Å². The molecule has 0 bridgehead atoms. The number of ether oxygens (including phenoxy) is 3. The molecule has 2 N–H and O–H groups in total. The number of likely N-dealkylation sites (N-methyl/N-ethyl adjacent to an activating group) is 1. The van der Waals surface area contributed by atoms with E-state index >= 15 is 4.39 Å². The largest absolute Gasteiger partial charge is 0.453 e. The van der Waals surface area contributed by atoms with E-state index in [2.05, 4.69) is 0 Å². The minimum atomic E-state index is -2.08. The molecule has 4 aliphatic carbocycles. The topological polar surface area (TPSA) is 119 Å². The Morgan fingerprint density at radius 2 is 1.76 bits per heavy atom. The number of fused-ring (bicyclic) bond motifs is 7. The predicted octanol–water partition coefficient (Wildman–Crippen LogP) is 4.72. The summed E-state index contributed by atoms with van der Waals surface area (Å²) < 4.78 is 37.3. The molecule has 2 aromatic carbocycles. The van der Waals surface area contributed by atoms with Gasteiger partial charge in [0.05, 0.1) is 40.0 Å². The average molecular weight is 703 g/mol. The Morgan fingerprint density at radius 3 is 2.47 bits per heavy atom. The summed E-state index contributed by atoms with van der Waals surface area (Å²) in [6.45, 7) is 3.17. The number of hydrogen-bond donors (Lipinski definition) is 2. The molecule has 1 heterocycles. The van der Waals surface area contributed by atoms with Gasteiger partial charge in [-0.25, -0.2) is 9.18 Å². The van der Waals surface area contributed by atoms with Gasteiger partial charge in [0.15, 0.2) is 36.5 Å². The van der Waals surface area contributed by atoms with Gasteiger partial charge in [0.2, 0.25) is 5.78 Å². The minimum Gasteiger partial charge on any atom is -0.453 e.